The van der Waals surface area contributed by atoms with Crippen molar-refractivity contribution in [2.45, 2.75) is 45.0 Å². The van der Waals surface area contributed by atoms with E-state index in [9.17, 15) is 19.2 Å². The van der Waals surface area contributed by atoms with E-state index in [1.165, 1.54) is 5.17 Å². The fourth-order valence-electron chi connectivity index (χ4n) is 4.22. The Morgan fingerprint density at radius 3 is 2.46 bits per heavy atom. The third-order valence-electron chi connectivity index (χ3n) is 6.37. The van der Waals surface area contributed by atoms with Crippen LogP contribution in [0.4, 0.5) is 15.3 Å². The molecule has 4 amide bonds. The highest BCUT2D eigenvalue weighted by molar-refractivity contribution is 6.01. The Balaban J connectivity index is 1.20. The number of rotatable bonds is 8. The Bertz CT molecular complexity index is 996. The van der Waals surface area contributed by atoms with Crippen LogP contribution < -0.4 is 21.0 Å². The minimum absolute atomic E-state index is 0.0605. The molecule has 3 aliphatic heterocycles. The highest BCUT2D eigenvalue weighted by atomic mass is 16.8. The summed E-state index contributed by atoms with van der Waals surface area (Å²) in [5, 5.41) is 6.67. The summed E-state index contributed by atoms with van der Waals surface area (Å²) in [6, 6.07) is 6.25. The summed E-state index contributed by atoms with van der Waals surface area (Å²) < 4.78 is 5.02. The van der Waals surface area contributed by atoms with Crippen LogP contribution in [0.15, 0.2) is 24.3 Å². The molecule has 0 bridgehead atoms. The van der Waals surface area contributed by atoms with Crippen molar-refractivity contribution < 1.29 is 28.8 Å². The lowest BCUT2D eigenvalue weighted by Crippen LogP contribution is -2.47. The van der Waals surface area contributed by atoms with E-state index in [-0.39, 0.29) is 43.2 Å². The second-order valence-electron chi connectivity index (χ2n) is 9.62. The zero-order valence-corrected chi connectivity index (χ0v) is 21.4. The van der Waals surface area contributed by atoms with E-state index < -0.39 is 12.1 Å². The Hall–Kier alpha value is -3.42. The molecule has 0 saturated carbocycles. The van der Waals surface area contributed by atoms with Gasteiger partial charge in [-0.05, 0) is 50.2 Å². The minimum Gasteiger partial charge on any atom is -0.463 e. The van der Waals surface area contributed by atoms with Crippen molar-refractivity contribution in [3.8, 4) is 0 Å². The van der Waals surface area contributed by atoms with Crippen LogP contribution in [-0.2, 0) is 19.2 Å². The monoisotopic (exact) mass is 517 g/mol. The number of hydrogen-bond donors (Lipinski definition) is 3. The topological polar surface area (TPSA) is 145 Å². The molecule has 0 spiro atoms. The molecule has 3 fully saturated rings. The third kappa shape index (κ3) is 7.08. The number of nitrogens with one attached hydrogen (secondary N) is 3. The number of piperazine rings is 1. The molecular formula is C24H35N7O6. The van der Waals surface area contributed by atoms with Gasteiger partial charge >= 0.3 is 18.1 Å². The van der Waals surface area contributed by atoms with E-state index in [0.717, 1.165) is 24.3 Å². The van der Waals surface area contributed by atoms with Gasteiger partial charge < -0.3 is 34.9 Å². The Kier molecular flexibility index (Phi) is 8.46. The number of hydrazine groups is 1. The standard InChI is InChI=1S/C24H35N7O6/c1-16(2)36-20(32)8-10-25-23(34)26-19-9-11-30(22(19)33)18-6-4-17(5-7-18)21-27-31(21)37-24(35)29-14-12-28(3)13-15-29/h4-7,16,19,21,27H,8-15H2,1-3H3,(H2,25,26,34)/t19-,21?,31?/m0/s1. The summed E-state index contributed by atoms with van der Waals surface area (Å²) in [6.45, 7) is 7.02. The predicted molar refractivity (Wildman–Crippen MR) is 133 cm³/mol. The maximum Gasteiger partial charge on any atom is 0.430 e. The highest BCUT2D eigenvalue weighted by Gasteiger charge is 2.41. The first kappa shape index (κ1) is 26.6. The van der Waals surface area contributed by atoms with Crippen LogP contribution in [0.2, 0.25) is 0 Å². The number of urea groups is 1. The Morgan fingerprint density at radius 1 is 1.08 bits per heavy atom. The highest BCUT2D eigenvalue weighted by Crippen LogP contribution is 2.31. The van der Waals surface area contributed by atoms with Gasteiger partial charge in [0.15, 0.2) is 6.17 Å². The number of hydroxylamine groups is 1. The van der Waals surface area contributed by atoms with Crippen LogP contribution in [-0.4, -0.2) is 97.4 Å². The molecule has 1 aromatic rings. The molecule has 3 N–H and O–H groups in total. The van der Waals surface area contributed by atoms with Crippen molar-refractivity contribution in [1.82, 2.24) is 31.0 Å². The Morgan fingerprint density at radius 2 is 1.78 bits per heavy atom. The molecule has 1 aromatic carbocycles. The molecule has 0 aliphatic carbocycles. The number of benzene rings is 1. The maximum absolute atomic E-state index is 12.8. The van der Waals surface area contributed by atoms with E-state index in [4.69, 9.17) is 9.57 Å². The summed E-state index contributed by atoms with van der Waals surface area (Å²) in [4.78, 5) is 59.8. The van der Waals surface area contributed by atoms with Crippen molar-refractivity contribution in [2.24, 2.45) is 0 Å². The number of carbonyl (C=O) groups is 4. The van der Waals surface area contributed by atoms with Gasteiger partial charge in [-0.25, -0.2) is 9.59 Å². The largest absolute Gasteiger partial charge is 0.463 e. The molecule has 0 radical (unpaired) electrons. The van der Waals surface area contributed by atoms with Crippen LogP contribution in [0.1, 0.15) is 38.4 Å². The summed E-state index contributed by atoms with van der Waals surface area (Å²) in [6.07, 6.45) is -0.285. The molecule has 37 heavy (non-hydrogen) atoms. The Labute approximate surface area is 215 Å². The van der Waals surface area contributed by atoms with Gasteiger partial charge in [-0.2, -0.15) is 5.43 Å². The van der Waals surface area contributed by atoms with Gasteiger partial charge in [-0.3, -0.25) is 9.59 Å². The van der Waals surface area contributed by atoms with Crippen LogP contribution in [0, 0.1) is 0 Å². The van der Waals surface area contributed by atoms with Crippen molar-refractivity contribution in [2.75, 3.05) is 51.2 Å². The second-order valence-corrected chi connectivity index (χ2v) is 9.62. The molecule has 3 saturated heterocycles. The average Bonchev–Trinajstić information content (AvgIpc) is 3.53. The number of amides is 4. The maximum atomic E-state index is 12.8. The van der Waals surface area contributed by atoms with Crippen LogP contribution in [0.25, 0.3) is 0 Å². The van der Waals surface area contributed by atoms with Gasteiger partial charge in [0, 0.05) is 45.0 Å². The van der Waals surface area contributed by atoms with Gasteiger partial charge in [0.1, 0.15) is 6.04 Å². The lowest BCUT2D eigenvalue weighted by Gasteiger charge is -2.31. The van der Waals surface area contributed by atoms with E-state index in [2.05, 4.69) is 21.0 Å². The molecule has 13 heteroatoms. The van der Waals surface area contributed by atoms with Gasteiger partial charge in [0.25, 0.3) is 0 Å². The van der Waals surface area contributed by atoms with Gasteiger partial charge in [0.05, 0.1) is 12.5 Å². The molecule has 2 unspecified atom stereocenters. The third-order valence-corrected chi connectivity index (χ3v) is 6.37. The number of carbonyl (C=O) groups excluding carboxylic acids is 4. The van der Waals surface area contributed by atoms with Gasteiger partial charge in [-0.15, -0.1) is 0 Å². The lowest BCUT2D eigenvalue weighted by molar-refractivity contribution is -0.147. The second kappa shape index (κ2) is 11.8. The summed E-state index contributed by atoms with van der Waals surface area (Å²) in [7, 11) is 2.02. The van der Waals surface area contributed by atoms with Crippen LogP contribution in [0.5, 0.6) is 0 Å². The summed E-state index contributed by atoms with van der Waals surface area (Å²) in [5.41, 5.74) is 4.63. The van der Waals surface area contributed by atoms with Crippen LogP contribution in [0.3, 0.4) is 0 Å². The number of ether oxygens (including phenoxy) is 1. The molecular weight excluding hydrogens is 482 g/mol. The predicted octanol–water partition coefficient (Wildman–Crippen LogP) is 0.551. The molecule has 202 valence electrons. The van der Waals surface area contributed by atoms with E-state index in [1.807, 2.05) is 31.3 Å². The van der Waals surface area contributed by atoms with E-state index >= 15 is 0 Å². The van der Waals surface area contributed by atoms with Crippen molar-refractivity contribution in [3.05, 3.63) is 29.8 Å². The number of nitrogens with zero attached hydrogens (tertiary/aromatic N) is 4. The first-order valence-corrected chi connectivity index (χ1v) is 12.6. The van der Waals surface area contributed by atoms with E-state index in [0.29, 0.717) is 26.1 Å². The number of likely N-dealkylation sites (N-methyl/N-ethyl adjacent to an activating group) is 1. The SMILES string of the molecule is CC(C)OC(=O)CCNC(=O)N[C@H]1CCN(c2ccc(C3NN3OC(=O)N3CCN(C)CC3)cc2)C1=O. The normalized spacial score (nSPS) is 23.7. The van der Waals surface area contributed by atoms with Gasteiger partial charge in [0.2, 0.25) is 5.91 Å². The van der Waals surface area contributed by atoms with Crippen LogP contribution >= 0.6 is 0 Å². The molecule has 3 aliphatic rings. The van der Waals surface area contributed by atoms with Crippen molar-refractivity contribution in [3.63, 3.8) is 0 Å². The molecule has 13 nitrogen and oxygen atoms in total. The number of anilines is 1. The first-order valence-electron chi connectivity index (χ1n) is 12.6. The van der Waals surface area contributed by atoms with Crippen molar-refractivity contribution >= 4 is 29.7 Å². The fraction of sp³-hybridized carbons (Fsp3) is 0.583. The summed E-state index contributed by atoms with van der Waals surface area (Å²) in [5.74, 6) is -0.589. The first-order chi connectivity index (χ1) is 17.7. The molecule has 3 atom stereocenters. The summed E-state index contributed by atoms with van der Waals surface area (Å²) >= 11 is 0. The zero-order chi connectivity index (χ0) is 26.5. The smallest absolute Gasteiger partial charge is 0.430 e. The number of esters is 1. The quantitative estimate of drug-likeness (QED) is 0.332. The number of hydrogen-bond acceptors (Lipinski definition) is 9. The molecule has 4 rings (SSSR count). The average molecular weight is 518 g/mol. The lowest BCUT2D eigenvalue weighted by atomic mass is 10.2. The molecule has 3 heterocycles. The van der Waals surface area contributed by atoms with Crippen molar-refractivity contribution in [1.29, 1.82) is 0 Å². The zero-order valence-electron chi connectivity index (χ0n) is 21.4. The minimum atomic E-state index is -0.642. The molecule has 0 aromatic heterocycles. The van der Waals surface area contributed by atoms with E-state index in [1.54, 1.807) is 23.6 Å². The fourth-order valence-corrected chi connectivity index (χ4v) is 4.22. The van der Waals surface area contributed by atoms with Gasteiger partial charge in [-0.1, -0.05) is 12.1 Å².